The van der Waals surface area contributed by atoms with E-state index in [1.165, 1.54) is 12.8 Å². The zero-order valence-electron chi connectivity index (χ0n) is 13.4. The second-order valence-corrected chi connectivity index (χ2v) is 6.35. The van der Waals surface area contributed by atoms with Gasteiger partial charge in [0.2, 0.25) is 11.8 Å². The molecule has 2 N–H and O–H groups in total. The molecular formula is C16H29N3O2. The van der Waals surface area contributed by atoms with E-state index >= 15 is 0 Å². The minimum Gasteiger partial charge on any atom is -0.355 e. The van der Waals surface area contributed by atoms with Crippen LogP contribution in [0.2, 0.25) is 0 Å². The smallest absolute Gasteiger partial charge is 0.240 e. The van der Waals surface area contributed by atoms with E-state index in [0.29, 0.717) is 24.9 Å². The molecule has 0 aromatic carbocycles. The van der Waals surface area contributed by atoms with Gasteiger partial charge in [0.15, 0.2) is 0 Å². The van der Waals surface area contributed by atoms with Crippen molar-refractivity contribution in [3.05, 3.63) is 0 Å². The average molecular weight is 295 g/mol. The Morgan fingerprint density at radius 3 is 2.76 bits per heavy atom. The fourth-order valence-electron chi connectivity index (χ4n) is 3.69. The van der Waals surface area contributed by atoms with Gasteiger partial charge in [-0.3, -0.25) is 9.59 Å². The lowest BCUT2D eigenvalue weighted by Crippen LogP contribution is -2.50. The summed E-state index contributed by atoms with van der Waals surface area (Å²) in [6.07, 6.45) is 5.43. The fraction of sp³-hybridized carbons (Fsp3) is 0.875. The summed E-state index contributed by atoms with van der Waals surface area (Å²) in [4.78, 5) is 26.4. The molecule has 21 heavy (non-hydrogen) atoms. The van der Waals surface area contributed by atoms with Gasteiger partial charge in [0.1, 0.15) is 0 Å². The van der Waals surface area contributed by atoms with Crippen LogP contribution in [0, 0.1) is 11.8 Å². The number of hydrogen-bond donors (Lipinski definition) is 2. The number of carbonyl (C=O) groups excluding carboxylic acids is 2. The normalized spacial score (nSPS) is 27.4. The maximum atomic E-state index is 12.8. The summed E-state index contributed by atoms with van der Waals surface area (Å²) in [7, 11) is 0. The standard InChI is InChI=1S/C16H29N3O2/c1-3-8-17-14(20)11-19(9-4-2)16(21)15-13-7-5-6-12(13)10-18-15/h12-13,15,18H,3-11H2,1-2H3,(H,17,20). The van der Waals surface area contributed by atoms with Crippen LogP contribution in [0.25, 0.3) is 0 Å². The molecule has 2 rings (SSSR count). The minimum absolute atomic E-state index is 0.0420. The van der Waals surface area contributed by atoms with Crippen LogP contribution in [-0.4, -0.2) is 48.9 Å². The van der Waals surface area contributed by atoms with Crippen molar-refractivity contribution in [2.75, 3.05) is 26.2 Å². The van der Waals surface area contributed by atoms with Gasteiger partial charge >= 0.3 is 0 Å². The summed E-state index contributed by atoms with van der Waals surface area (Å²) in [6, 6.07) is -0.0666. The molecule has 1 saturated carbocycles. The molecule has 2 amide bonds. The van der Waals surface area contributed by atoms with E-state index < -0.39 is 0 Å². The third-order valence-electron chi connectivity index (χ3n) is 4.72. The van der Waals surface area contributed by atoms with Crippen LogP contribution in [0.3, 0.4) is 0 Å². The summed E-state index contributed by atoms with van der Waals surface area (Å²) < 4.78 is 0. The molecule has 120 valence electrons. The molecule has 1 aliphatic carbocycles. The Hall–Kier alpha value is -1.10. The van der Waals surface area contributed by atoms with Crippen LogP contribution in [0.15, 0.2) is 0 Å². The molecule has 0 aromatic heterocycles. The van der Waals surface area contributed by atoms with Gasteiger partial charge in [-0.25, -0.2) is 0 Å². The molecular weight excluding hydrogens is 266 g/mol. The molecule has 1 saturated heterocycles. The largest absolute Gasteiger partial charge is 0.355 e. The first kappa shape index (κ1) is 16.3. The topological polar surface area (TPSA) is 61.4 Å². The third kappa shape index (κ3) is 3.96. The van der Waals surface area contributed by atoms with Crippen LogP contribution >= 0.6 is 0 Å². The molecule has 0 bridgehead atoms. The molecule has 1 heterocycles. The van der Waals surface area contributed by atoms with Gasteiger partial charge in [0, 0.05) is 13.1 Å². The predicted molar refractivity (Wildman–Crippen MR) is 82.8 cm³/mol. The number of amides is 2. The number of hydrogen-bond acceptors (Lipinski definition) is 3. The quantitative estimate of drug-likeness (QED) is 0.740. The van der Waals surface area contributed by atoms with Crippen molar-refractivity contribution in [2.45, 2.75) is 52.0 Å². The second kappa shape index (κ2) is 7.78. The summed E-state index contributed by atoms with van der Waals surface area (Å²) in [5.41, 5.74) is 0. The number of carbonyl (C=O) groups is 2. The minimum atomic E-state index is -0.0666. The van der Waals surface area contributed by atoms with Crippen molar-refractivity contribution in [1.29, 1.82) is 0 Å². The highest BCUT2D eigenvalue weighted by molar-refractivity contribution is 5.88. The summed E-state index contributed by atoms with van der Waals surface area (Å²) in [5, 5.41) is 6.25. The first-order valence-electron chi connectivity index (χ1n) is 8.46. The van der Waals surface area contributed by atoms with Gasteiger partial charge in [0.25, 0.3) is 0 Å². The lowest BCUT2D eigenvalue weighted by Gasteiger charge is -2.27. The molecule has 0 radical (unpaired) electrons. The highest BCUT2D eigenvalue weighted by Crippen LogP contribution is 2.38. The maximum Gasteiger partial charge on any atom is 0.240 e. The van der Waals surface area contributed by atoms with Crippen LogP contribution in [0.1, 0.15) is 46.0 Å². The number of nitrogens with zero attached hydrogens (tertiary/aromatic N) is 1. The van der Waals surface area contributed by atoms with Crippen molar-refractivity contribution in [3.8, 4) is 0 Å². The molecule has 3 unspecified atom stereocenters. The molecule has 0 aromatic rings. The second-order valence-electron chi connectivity index (χ2n) is 6.35. The Balaban J connectivity index is 1.93. The Bertz CT molecular complexity index is 373. The Morgan fingerprint density at radius 1 is 1.24 bits per heavy atom. The zero-order valence-corrected chi connectivity index (χ0v) is 13.4. The highest BCUT2D eigenvalue weighted by atomic mass is 16.2. The van der Waals surface area contributed by atoms with Crippen molar-refractivity contribution < 1.29 is 9.59 Å². The summed E-state index contributed by atoms with van der Waals surface area (Å²) in [5.74, 6) is 1.23. The first-order valence-corrected chi connectivity index (χ1v) is 8.46. The van der Waals surface area contributed by atoms with E-state index in [4.69, 9.17) is 0 Å². The summed E-state index contributed by atoms with van der Waals surface area (Å²) >= 11 is 0. The predicted octanol–water partition coefficient (Wildman–Crippen LogP) is 1.14. The van der Waals surface area contributed by atoms with Crippen LogP contribution in [0.5, 0.6) is 0 Å². The first-order chi connectivity index (χ1) is 10.2. The van der Waals surface area contributed by atoms with Crippen molar-refractivity contribution in [1.82, 2.24) is 15.5 Å². The van der Waals surface area contributed by atoms with Crippen molar-refractivity contribution in [2.24, 2.45) is 11.8 Å². The summed E-state index contributed by atoms with van der Waals surface area (Å²) in [6.45, 7) is 6.57. The van der Waals surface area contributed by atoms with Gasteiger partial charge in [0.05, 0.1) is 12.6 Å². The maximum absolute atomic E-state index is 12.8. The Morgan fingerprint density at radius 2 is 2.05 bits per heavy atom. The van der Waals surface area contributed by atoms with E-state index in [-0.39, 0.29) is 24.4 Å². The van der Waals surface area contributed by atoms with Crippen LogP contribution in [-0.2, 0) is 9.59 Å². The van der Waals surface area contributed by atoms with Gasteiger partial charge in [-0.1, -0.05) is 20.3 Å². The molecule has 3 atom stereocenters. The fourth-order valence-corrected chi connectivity index (χ4v) is 3.69. The van der Waals surface area contributed by atoms with Crippen LogP contribution < -0.4 is 10.6 Å². The lowest BCUT2D eigenvalue weighted by molar-refractivity contribution is -0.138. The zero-order chi connectivity index (χ0) is 15.2. The molecule has 2 aliphatic rings. The van der Waals surface area contributed by atoms with E-state index in [1.54, 1.807) is 4.90 Å². The monoisotopic (exact) mass is 295 g/mol. The van der Waals surface area contributed by atoms with E-state index in [0.717, 1.165) is 25.8 Å². The average Bonchev–Trinajstić information content (AvgIpc) is 3.06. The Labute approximate surface area is 127 Å². The number of fused-ring (bicyclic) bond motifs is 1. The highest BCUT2D eigenvalue weighted by Gasteiger charge is 2.43. The van der Waals surface area contributed by atoms with E-state index in [9.17, 15) is 9.59 Å². The molecule has 1 aliphatic heterocycles. The van der Waals surface area contributed by atoms with Crippen molar-refractivity contribution in [3.63, 3.8) is 0 Å². The molecule has 5 nitrogen and oxygen atoms in total. The molecule has 5 heteroatoms. The van der Waals surface area contributed by atoms with Gasteiger partial charge in [-0.15, -0.1) is 0 Å². The molecule has 2 fully saturated rings. The van der Waals surface area contributed by atoms with Gasteiger partial charge < -0.3 is 15.5 Å². The lowest BCUT2D eigenvalue weighted by atomic mass is 9.93. The number of nitrogens with one attached hydrogen (secondary N) is 2. The Kier molecular flexibility index (Phi) is 6.03. The SMILES string of the molecule is CCCNC(=O)CN(CCC)C(=O)C1NCC2CCCC21. The van der Waals surface area contributed by atoms with Gasteiger partial charge in [-0.2, -0.15) is 0 Å². The van der Waals surface area contributed by atoms with E-state index in [2.05, 4.69) is 10.6 Å². The molecule has 0 spiro atoms. The van der Waals surface area contributed by atoms with Gasteiger partial charge in [-0.05, 0) is 44.1 Å². The third-order valence-corrected chi connectivity index (χ3v) is 4.72. The van der Waals surface area contributed by atoms with Crippen LogP contribution in [0.4, 0.5) is 0 Å². The van der Waals surface area contributed by atoms with Crippen molar-refractivity contribution >= 4 is 11.8 Å². The number of rotatable bonds is 7. The van der Waals surface area contributed by atoms with E-state index in [1.807, 2.05) is 13.8 Å².